The minimum absolute atomic E-state index is 0.0706. The van der Waals surface area contributed by atoms with E-state index in [4.69, 9.17) is 4.74 Å². The Labute approximate surface area is 98.3 Å². The van der Waals surface area contributed by atoms with Crippen molar-refractivity contribution in [1.29, 1.82) is 0 Å². The molecule has 0 saturated carbocycles. The molecule has 0 spiro atoms. The zero-order valence-electron chi connectivity index (χ0n) is 10.7. The molecule has 0 aliphatic carbocycles. The van der Waals surface area contributed by atoms with E-state index < -0.39 is 5.54 Å². The van der Waals surface area contributed by atoms with Crippen LogP contribution in [0.5, 0.6) is 0 Å². The normalized spacial score (nSPS) is 21.4. The first kappa shape index (κ1) is 13.5. The van der Waals surface area contributed by atoms with Gasteiger partial charge in [-0.3, -0.25) is 9.69 Å². The average molecular weight is 228 g/mol. The van der Waals surface area contributed by atoms with Gasteiger partial charge in [-0.15, -0.1) is 0 Å². The Kier molecular flexibility index (Phi) is 5.22. The summed E-state index contributed by atoms with van der Waals surface area (Å²) in [5.74, 6) is -0.0706. The molecule has 0 aromatic carbocycles. The second-order valence-corrected chi connectivity index (χ2v) is 4.36. The summed E-state index contributed by atoms with van der Waals surface area (Å²) in [6.07, 6.45) is 2.72. The van der Waals surface area contributed by atoms with Crippen LogP contribution < -0.4 is 5.32 Å². The number of piperazine rings is 1. The standard InChI is InChI=1S/C12H24N2O2/c1-4-6-12(5-2,11(15)16-3)14-9-7-13-8-10-14/h13H,4-10H2,1-3H3. The lowest BCUT2D eigenvalue weighted by Gasteiger charge is -2.43. The van der Waals surface area contributed by atoms with Gasteiger partial charge in [0.1, 0.15) is 5.54 Å². The van der Waals surface area contributed by atoms with Crippen molar-refractivity contribution in [3.8, 4) is 0 Å². The SMILES string of the molecule is CCCC(CC)(C(=O)OC)N1CCNCC1. The van der Waals surface area contributed by atoms with Crippen molar-refractivity contribution >= 4 is 5.97 Å². The number of carbonyl (C=O) groups excluding carboxylic acids is 1. The second-order valence-electron chi connectivity index (χ2n) is 4.36. The van der Waals surface area contributed by atoms with Crippen LogP contribution in [0.25, 0.3) is 0 Å². The number of carbonyl (C=O) groups is 1. The summed E-state index contributed by atoms with van der Waals surface area (Å²) < 4.78 is 5.01. The lowest BCUT2D eigenvalue weighted by atomic mass is 9.88. The second kappa shape index (κ2) is 6.21. The van der Waals surface area contributed by atoms with Crippen molar-refractivity contribution in [1.82, 2.24) is 10.2 Å². The molecule has 1 atom stereocenters. The van der Waals surface area contributed by atoms with Gasteiger partial charge in [-0.2, -0.15) is 0 Å². The molecular weight excluding hydrogens is 204 g/mol. The van der Waals surface area contributed by atoms with Crippen molar-refractivity contribution in [2.24, 2.45) is 0 Å². The van der Waals surface area contributed by atoms with Gasteiger partial charge in [0.25, 0.3) is 0 Å². The van der Waals surface area contributed by atoms with Crippen molar-refractivity contribution < 1.29 is 9.53 Å². The highest BCUT2D eigenvalue weighted by atomic mass is 16.5. The molecule has 1 N–H and O–H groups in total. The number of nitrogens with zero attached hydrogens (tertiary/aromatic N) is 1. The lowest BCUT2D eigenvalue weighted by Crippen LogP contribution is -2.60. The van der Waals surface area contributed by atoms with Crippen LogP contribution in [0.15, 0.2) is 0 Å². The molecule has 0 amide bonds. The van der Waals surface area contributed by atoms with Crippen LogP contribution in [0.1, 0.15) is 33.1 Å². The largest absolute Gasteiger partial charge is 0.468 e. The Morgan fingerprint density at radius 1 is 1.38 bits per heavy atom. The number of esters is 1. The predicted molar refractivity (Wildman–Crippen MR) is 64.4 cm³/mol. The van der Waals surface area contributed by atoms with Crippen LogP contribution in [0.4, 0.5) is 0 Å². The molecule has 1 unspecified atom stereocenters. The first-order valence-corrected chi connectivity index (χ1v) is 6.25. The zero-order valence-corrected chi connectivity index (χ0v) is 10.7. The van der Waals surface area contributed by atoms with Crippen molar-refractivity contribution in [3.63, 3.8) is 0 Å². The molecule has 1 aliphatic rings. The maximum atomic E-state index is 12.1. The Morgan fingerprint density at radius 2 is 2.00 bits per heavy atom. The van der Waals surface area contributed by atoms with Gasteiger partial charge in [-0.1, -0.05) is 20.3 Å². The first-order valence-electron chi connectivity index (χ1n) is 6.25. The highest BCUT2D eigenvalue weighted by Crippen LogP contribution is 2.27. The fourth-order valence-electron chi connectivity index (χ4n) is 2.63. The van der Waals surface area contributed by atoms with E-state index in [1.165, 1.54) is 7.11 Å². The topological polar surface area (TPSA) is 41.6 Å². The zero-order chi connectivity index (χ0) is 12.0. The molecule has 1 fully saturated rings. The van der Waals surface area contributed by atoms with Gasteiger partial charge in [-0.25, -0.2) is 0 Å². The van der Waals surface area contributed by atoms with Gasteiger partial charge < -0.3 is 10.1 Å². The van der Waals surface area contributed by atoms with Gasteiger partial charge in [0.2, 0.25) is 0 Å². The lowest BCUT2D eigenvalue weighted by molar-refractivity contribution is -0.157. The summed E-state index contributed by atoms with van der Waals surface area (Å²) in [7, 11) is 1.49. The van der Waals surface area contributed by atoms with E-state index >= 15 is 0 Å². The molecule has 0 aromatic rings. The number of methoxy groups -OCH3 is 1. The molecule has 1 heterocycles. The Balaban J connectivity index is 2.85. The maximum Gasteiger partial charge on any atom is 0.326 e. The number of ether oxygens (including phenoxy) is 1. The molecule has 0 radical (unpaired) electrons. The molecule has 0 aromatic heterocycles. The van der Waals surface area contributed by atoms with Gasteiger partial charge in [0.05, 0.1) is 7.11 Å². The molecule has 94 valence electrons. The molecule has 4 heteroatoms. The van der Waals surface area contributed by atoms with Crippen molar-refractivity contribution in [2.75, 3.05) is 33.3 Å². The third-order valence-corrected chi connectivity index (χ3v) is 3.54. The minimum Gasteiger partial charge on any atom is -0.468 e. The Bertz CT molecular complexity index is 227. The van der Waals surface area contributed by atoms with Crippen LogP contribution in [0.3, 0.4) is 0 Å². The summed E-state index contributed by atoms with van der Waals surface area (Å²) in [5, 5.41) is 3.32. The summed E-state index contributed by atoms with van der Waals surface area (Å²) in [5.41, 5.74) is -0.397. The molecular formula is C12H24N2O2. The number of hydrogen-bond donors (Lipinski definition) is 1. The number of hydrogen-bond acceptors (Lipinski definition) is 4. The fourth-order valence-corrected chi connectivity index (χ4v) is 2.63. The summed E-state index contributed by atoms with van der Waals surface area (Å²) in [4.78, 5) is 14.4. The van der Waals surface area contributed by atoms with E-state index in [0.717, 1.165) is 45.4 Å². The predicted octanol–water partition coefficient (Wildman–Crippen LogP) is 1.01. The maximum absolute atomic E-state index is 12.1. The number of rotatable bonds is 5. The highest BCUT2D eigenvalue weighted by Gasteiger charge is 2.42. The van der Waals surface area contributed by atoms with E-state index in [1.54, 1.807) is 0 Å². The first-order chi connectivity index (χ1) is 7.71. The third kappa shape index (κ3) is 2.55. The smallest absolute Gasteiger partial charge is 0.326 e. The van der Waals surface area contributed by atoms with Gasteiger partial charge in [0.15, 0.2) is 0 Å². The van der Waals surface area contributed by atoms with E-state index in [2.05, 4.69) is 24.1 Å². The summed E-state index contributed by atoms with van der Waals surface area (Å²) >= 11 is 0. The molecule has 16 heavy (non-hydrogen) atoms. The molecule has 1 aliphatic heterocycles. The van der Waals surface area contributed by atoms with E-state index in [0.29, 0.717) is 0 Å². The third-order valence-electron chi connectivity index (χ3n) is 3.54. The summed E-state index contributed by atoms with van der Waals surface area (Å²) in [6, 6.07) is 0. The number of nitrogens with one attached hydrogen (secondary N) is 1. The minimum atomic E-state index is -0.397. The van der Waals surface area contributed by atoms with E-state index in [9.17, 15) is 4.79 Å². The van der Waals surface area contributed by atoms with Crippen LogP contribution >= 0.6 is 0 Å². The van der Waals surface area contributed by atoms with Gasteiger partial charge in [-0.05, 0) is 12.8 Å². The summed E-state index contributed by atoms with van der Waals surface area (Å²) in [6.45, 7) is 7.99. The van der Waals surface area contributed by atoms with Crippen LogP contribution in [0.2, 0.25) is 0 Å². The van der Waals surface area contributed by atoms with Gasteiger partial charge in [0, 0.05) is 26.2 Å². The van der Waals surface area contributed by atoms with Crippen LogP contribution in [-0.2, 0) is 9.53 Å². The Hall–Kier alpha value is -0.610. The molecule has 0 bridgehead atoms. The molecule has 4 nitrogen and oxygen atoms in total. The fraction of sp³-hybridized carbons (Fsp3) is 0.917. The Morgan fingerprint density at radius 3 is 2.44 bits per heavy atom. The van der Waals surface area contributed by atoms with E-state index in [-0.39, 0.29) is 5.97 Å². The quantitative estimate of drug-likeness (QED) is 0.713. The molecule has 1 rings (SSSR count). The highest BCUT2D eigenvalue weighted by molar-refractivity contribution is 5.80. The van der Waals surface area contributed by atoms with Gasteiger partial charge >= 0.3 is 5.97 Å². The molecule has 1 saturated heterocycles. The van der Waals surface area contributed by atoms with E-state index in [1.807, 2.05) is 0 Å². The van der Waals surface area contributed by atoms with Crippen LogP contribution in [-0.4, -0.2) is 49.7 Å². The van der Waals surface area contributed by atoms with Crippen molar-refractivity contribution in [2.45, 2.75) is 38.6 Å². The van der Waals surface area contributed by atoms with Crippen LogP contribution in [0, 0.1) is 0 Å². The van der Waals surface area contributed by atoms with Crippen molar-refractivity contribution in [3.05, 3.63) is 0 Å². The average Bonchev–Trinajstić information content (AvgIpc) is 2.36. The monoisotopic (exact) mass is 228 g/mol.